The van der Waals surface area contributed by atoms with Crippen molar-refractivity contribution in [3.63, 3.8) is 0 Å². The van der Waals surface area contributed by atoms with Crippen LogP contribution in [0.3, 0.4) is 0 Å². The lowest BCUT2D eigenvalue weighted by atomic mass is 10.2. The second-order valence-corrected chi connectivity index (χ2v) is 2.66. The smallest absolute Gasteiger partial charge is 0.148 e. The number of anilines is 1. The molecule has 13 heavy (non-hydrogen) atoms. The third-order valence-electron chi connectivity index (χ3n) is 1.81. The van der Waals surface area contributed by atoms with E-state index < -0.39 is 0 Å². The van der Waals surface area contributed by atoms with E-state index in [2.05, 4.69) is 20.5 Å². The van der Waals surface area contributed by atoms with Crippen LogP contribution in [0.25, 0.3) is 11.3 Å². The van der Waals surface area contributed by atoms with Crippen molar-refractivity contribution in [1.82, 2.24) is 15.2 Å². The lowest BCUT2D eigenvalue weighted by Crippen LogP contribution is -1.85. The minimum absolute atomic E-state index is 0.832. The molecule has 2 aromatic rings. The second-order valence-electron chi connectivity index (χ2n) is 2.66. The molecule has 0 saturated heterocycles. The fraction of sp³-hybridized carbons (Fsp3) is 0.111. The minimum atomic E-state index is 0.832. The summed E-state index contributed by atoms with van der Waals surface area (Å²) in [6.07, 6.45) is 3.55. The summed E-state index contributed by atoms with van der Waals surface area (Å²) in [5, 5.41) is 9.92. The van der Waals surface area contributed by atoms with Crippen LogP contribution in [-0.4, -0.2) is 22.2 Å². The highest BCUT2D eigenvalue weighted by Crippen LogP contribution is 2.17. The topological polar surface area (TPSA) is 53.6 Å². The molecular formula is C9H10N4. The summed E-state index contributed by atoms with van der Waals surface area (Å²) in [4.78, 5) is 4.03. The SMILES string of the molecule is CNc1cc(-c2cccnc2)[nH]n1. The molecule has 66 valence electrons. The monoisotopic (exact) mass is 174 g/mol. The first-order valence-electron chi connectivity index (χ1n) is 4.03. The Labute approximate surface area is 76.0 Å². The van der Waals surface area contributed by atoms with Gasteiger partial charge >= 0.3 is 0 Å². The number of pyridine rings is 1. The number of hydrogen-bond acceptors (Lipinski definition) is 3. The molecule has 0 spiro atoms. The van der Waals surface area contributed by atoms with E-state index in [4.69, 9.17) is 0 Å². The molecule has 4 nitrogen and oxygen atoms in total. The average molecular weight is 174 g/mol. The van der Waals surface area contributed by atoms with Crippen LogP contribution in [0.2, 0.25) is 0 Å². The molecule has 0 bridgehead atoms. The van der Waals surface area contributed by atoms with Crippen LogP contribution in [0.1, 0.15) is 0 Å². The summed E-state index contributed by atoms with van der Waals surface area (Å²) < 4.78 is 0. The number of hydrogen-bond donors (Lipinski definition) is 2. The van der Waals surface area contributed by atoms with Gasteiger partial charge in [-0.25, -0.2) is 0 Å². The van der Waals surface area contributed by atoms with Crippen LogP contribution < -0.4 is 5.32 Å². The minimum Gasteiger partial charge on any atom is -0.372 e. The molecule has 0 aliphatic rings. The van der Waals surface area contributed by atoms with E-state index in [0.717, 1.165) is 17.1 Å². The largest absolute Gasteiger partial charge is 0.372 e. The molecule has 0 radical (unpaired) electrons. The summed E-state index contributed by atoms with van der Waals surface area (Å²) in [7, 11) is 1.84. The third-order valence-corrected chi connectivity index (χ3v) is 1.81. The highest BCUT2D eigenvalue weighted by atomic mass is 15.2. The highest BCUT2D eigenvalue weighted by Gasteiger charge is 2.00. The van der Waals surface area contributed by atoms with Crippen molar-refractivity contribution in [2.75, 3.05) is 12.4 Å². The number of nitrogens with one attached hydrogen (secondary N) is 2. The molecule has 0 unspecified atom stereocenters. The average Bonchev–Trinajstić information content (AvgIpc) is 2.67. The Morgan fingerprint density at radius 1 is 1.46 bits per heavy atom. The Morgan fingerprint density at radius 2 is 2.38 bits per heavy atom. The summed E-state index contributed by atoms with van der Waals surface area (Å²) in [6.45, 7) is 0. The lowest BCUT2D eigenvalue weighted by Gasteiger charge is -1.92. The molecule has 0 fully saturated rings. The summed E-state index contributed by atoms with van der Waals surface area (Å²) in [5.74, 6) is 0.832. The molecule has 0 aliphatic carbocycles. The van der Waals surface area contributed by atoms with Crippen molar-refractivity contribution in [2.24, 2.45) is 0 Å². The van der Waals surface area contributed by atoms with Gasteiger partial charge in [0, 0.05) is 31.1 Å². The van der Waals surface area contributed by atoms with Crippen molar-refractivity contribution < 1.29 is 0 Å². The van der Waals surface area contributed by atoms with Gasteiger partial charge in [-0.3, -0.25) is 10.1 Å². The summed E-state index contributed by atoms with van der Waals surface area (Å²) in [5.41, 5.74) is 2.01. The molecule has 0 saturated carbocycles. The maximum Gasteiger partial charge on any atom is 0.148 e. The standard InChI is InChI=1S/C9H10N4/c1-10-9-5-8(12-13-9)7-3-2-4-11-6-7/h2-6H,1H3,(H2,10,12,13). The van der Waals surface area contributed by atoms with Gasteiger partial charge < -0.3 is 5.32 Å². The van der Waals surface area contributed by atoms with Gasteiger partial charge in [-0.2, -0.15) is 5.10 Å². The van der Waals surface area contributed by atoms with Crippen molar-refractivity contribution in [3.05, 3.63) is 30.6 Å². The van der Waals surface area contributed by atoms with E-state index in [9.17, 15) is 0 Å². The van der Waals surface area contributed by atoms with Gasteiger partial charge in [0.1, 0.15) is 5.82 Å². The van der Waals surface area contributed by atoms with Gasteiger partial charge in [-0.05, 0) is 12.1 Å². The number of aromatic nitrogens is 3. The molecule has 0 aliphatic heterocycles. The van der Waals surface area contributed by atoms with E-state index in [1.54, 1.807) is 12.4 Å². The zero-order valence-electron chi connectivity index (χ0n) is 7.28. The third kappa shape index (κ3) is 1.51. The molecule has 2 N–H and O–H groups in total. The van der Waals surface area contributed by atoms with E-state index in [-0.39, 0.29) is 0 Å². The van der Waals surface area contributed by atoms with Crippen LogP contribution in [0.4, 0.5) is 5.82 Å². The van der Waals surface area contributed by atoms with Crippen LogP contribution in [0.15, 0.2) is 30.6 Å². The Morgan fingerprint density at radius 3 is 3.00 bits per heavy atom. The highest BCUT2D eigenvalue weighted by molar-refractivity contribution is 5.61. The van der Waals surface area contributed by atoms with E-state index >= 15 is 0 Å². The summed E-state index contributed by atoms with van der Waals surface area (Å²) >= 11 is 0. The van der Waals surface area contributed by atoms with Crippen LogP contribution in [-0.2, 0) is 0 Å². The number of rotatable bonds is 2. The zero-order valence-corrected chi connectivity index (χ0v) is 7.28. The zero-order chi connectivity index (χ0) is 9.10. The first-order valence-corrected chi connectivity index (χ1v) is 4.03. The Hall–Kier alpha value is -1.84. The van der Waals surface area contributed by atoms with E-state index in [1.165, 1.54) is 0 Å². The van der Waals surface area contributed by atoms with E-state index in [0.29, 0.717) is 0 Å². The first kappa shape index (κ1) is 7.79. The molecule has 4 heteroatoms. The van der Waals surface area contributed by atoms with Gasteiger partial charge in [0.05, 0.1) is 5.69 Å². The van der Waals surface area contributed by atoms with Gasteiger partial charge in [0.25, 0.3) is 0 Å². The molecular weight excluding hydrogens is 164 g/mol. The van der Waals surface area contributed by atoms with Crippen LogP contribution in [0.5, 0.6) is 0 Å². The Kier molecular flexibility index (Phi) is 1.96. The fourth-order valence-electron chi connectivity index (χ4n) is 1.12. The maximum atomic E-state index is 4.05. The second kappa shape index (κ2) is 3.26. The normalized spacial score (nSPS) is 9.92. The predicted octanol–water partition coefficient (Wildman–Crippen LogP) is 1.51. The van der Waals surface area contributed by atoms with Gasteiger partial charge in [0.15, 0.2) is 0 Å². The Balaban J connectivity index is 2.36. The van der Waals surface area contributed by atoms with Crippen molar-refractivity contribution in [1.29, 1.82) is 0 Å². The molecule has 2 heterocycles. The van der Waals surface area contributed by atoms with Crippen LogP contribution in [0, 0.1) is 0 Å². The van der Waals surface area contributed by atoms with Crippen molar-refractivity contribution in [3.8, 4) is 11.3 Å². The quantitative estimate of drug-likeness (QED) is 0.725. The number of aromatic amines is 1. The predicted molar refractivity (Wildman–Crippen MR) is 51.4 cm³/mol. The molecule has 0 atom stereocenters. The molecule has 0 aromatic carbocycles. The van der Waals surface area contributed by atoms with Crippen molar-refractivity contribution >= 4 is 5.82 Å². The molecule has 0 amide bonds. The van der Waals surface area contributed by atoms with Crippen LogP contribution >= 0.6 is 0 Å². The first-order chi connectivity index (χ1) is 6.40. The Bertz CT molecular complexity index is 380. The van der Waals surface area contributed by atoms with Gasteiger partial charge in [-0.1, -0.05) is 0 Å². The number of nitrogens with zero attached hydrogens (tertiary/aromatic N) is 2. The molecule has 2 rings (SSSR count). The maximum absolute atomic E-state index is 4.05. The van der Waals surface area contributed by atoms with Crippen molar-refractivity contribution in [2.45, 2.75) is 0 Å². The van der Waals surface area contributed by atoms with E-state index in [1.807, 2.05) is 25.2 Å². The van der Waals surface area contributed by atoms with Gasteiger partial charge in [0.2, 0.25) is 0 Å². The number of H-pyrrole nitrogens is 1. The lowest BCUT2D eigenvalue weighted by molar-refractivity contribution is 1.09. The fourth-order valence-corrected chi connectivity index (χ4v) is 1.12. The summed E-state index contributed by atoms with van der Waals surface area (Å²) in [6, 6.07) is 5.83. The molecule has 2 aromatic heterocycles. The van der Waals surface area contributed by atoms with Gasteiger partial charge in [-0.15, -0.1) is 0 Å².